The molecule has 0 aliphatic heterocycles. The Morgan fingerprint density at radius 3 is 0.881 bits per heavy atom. The summed E-state index contributed by atoms with van der Waals surface area (Å²) in [6.45, 7) is 32.0. The molecule has 320 valence electrons. The molecule has 0 spiro atoms. The summed E-state index contributed by atoms with van der Waals surface area (Å²) in [4.78, 5) is 32.7. The molecule has 4 N–H and O–H groups in total. The minimum absolute atomic E-state index is 0. The maximum Gasteiger partial charge on any atom is 0.234 e. The highest BCUT2D eigenvalue weighted by molar-refractivity contribution is 6.57. The van der Waals surface area contributed by atoms with Crippen LogP contribution in [0.3, 0.4) is 0 Å². The summed E-state index contributed by atoms with van der Waals surface area (Å²) in [5, 5.41) is 4.30. The summed E-state index contributed by atoms with van der Waals surface area (Å²) in [7, 11) is 0. The minimum Gasteiger partial charge on any atom is -0.397 e. The van der Waals surface area contributed by atoms with E-state index in [0.717, 1.165) is 33.2 Å². The zero-order chi connectivity index (χ0) is 44.8. The largest absolute Gasteiger partial charge is 0.397 e. The molecule has 0 bridgehead atoms. The van der Waals surface area contributed by atoms with Gasteiger partial charge in [-0.15, -0.1) is 0 Å². The highest BCUT2D eigenvalue weighted by atomic mass is 16.2. The van der Waals surface area contributed by atoms with Crippen LogP contribution in [-0.2, 0) is 0 Å². The lowest BCUT2D eigenvalue weighted by molar-refractivity contribution is 0.0825. The lowest BCUT2D eigenvalue weighted by Crippen LogP contribution is -2.05. The Labute approximate surface area is 358 Å². The van der Waals surface area contributed by atoms with E-state index in [1.54, 1.807) is 36.4 Å². The van der Waals surface area contributed by atoms with Crippen LogP contribution < -0.4 is 11.5 Å². The smallest absolute Gasteiger partial charge is 0.234 e. The molecular formula is C53H76N4O2. The number of carbonyl (C=O) groups is 2. The van der Waals surface area contributed by atoms with Gasteiger partial charge < -0.3 is 11.5 Å². The zero-order valence-electron chi connectivity index (χ0n) is 38.4. The van der Waals surface area contributed by atoms with Crippen LogP contribution in [0.25, 0.3) is 55.1 Å². The van der Waals surface area contributed by atoms with Crippen molar-refractivity contribution in [3.8, 4) is 22.5 Å². The molecule has 2 aliphatic carbocycles. The Kier molecular flexibility index (Phi) is 32.3. The van der Waals surface area contributed by atoms with E-state index in [-0.39, 0.29) is 19.0 Å². The van der Waals surface area contributed by atoms with Crippen molar-refractivity contribution in [3.63, 3.8) is 0 Å². The third kappa shape index (κ3) is 14.2. The fraction of sp³-hybridized carbons (Fsp3) is 0.321. The number of hydrogen-bond donors (Lipinski definition) is 2. The van der Waals surface area contributed by atoms with Crippen LogP contribution in [0.2, 0.25) is 0 Å². The number of carbonyl (C=O) groups excluding carboxylic acids is 2. The van der Waals surface area contributed by atoms with Crippen molar-refractivity contribution in [2.45, 2.75) is 118 Å². The molecule has 0 saturated carbocycles. The van der Waals surface area contributed by atoms with E-state index >= 15 is 0 Å². The Balaban J connectivity index is -0.000000710. The van der Waals surface area contributed by atoms with Crippen LogP contribution in [-0.4, -0.2) is 21.5 Å². The first-order chi connectivity index (χ1) is 28.5. The number of benzene rings is 6. The molecule has 1 heterocycles. The van der Waals surface area contributed by atoms with E-state index in [0.29, 0.717) is 22.5 Å². The summed E-state index contributed by atoms with van der Waals surface area (Å²) >= 11 is 0. The second kappa shape index (κ2) is 33.1. The summed E-state index contributed by atoms with van der Waals surface area (Å²) in [5.41, 5.74) is 19.5. The van der Waals surface area contributed by atoms with Crippen LogP contribution in [0.15, 0.2) is 121 Å². The fourth-order valence-electron chi connectivity index (χ4n) is 5.59. The molecule has 6 aromatic carbocycles. The van der Waals surface area contributed by atoms with Crippen LogP contribution >= 0.6 is 0 Å². The summed E-state index contributed by atoms with van der Waals surface area (Å²) in [5.74, 6) is -0.756. The number of anilines is 2. The Bertz CT molecular complexity index is 2080. The zero-order valence-corrected chi connectivity index (χ0v) is 38.4. The van der Waals surface area contributed by atoms with Gasteiger partial charge in [0.2, 0.25) is 11.6 Å². The number of para-hydroxylation sites is 4. The van der Waals surface area contributed by atoms with Gasteiger partial charge >= 0.3 is 0 Å². The van der Waals surface area contributed by atoms with Crippen LogP contribution in [0.1, 0.15) is 139 Å². The molecule has 9 rings (SSSR count). The first-order valence-electron chi connectivity index (χ1n) is 21.5. The van der Waals surface area contributed by atoms with Gasteiger partial charge in [-0.2, -0.15) is 0 Å². The maximum atomic E-state index is 11.5. The quantitative estimate of drug-likeness (QED) is 0.117. The number of hydrogen-bond acceptors (Lipinski definition) is 6. The second-order valence-corrected chi connectivity index (χ2v) is 10.1. The topological polar surface area (TPSA) is 112 Å². The molecule has 0 unspecified atom stereocenters. The van der Waals surface area contributed by atoms with Gasteiger partial charge in [0.15, 0.2) is 0 Å². The molecule has 0 fully saturated rings. The van der Waals surface area contributed by atoms with Gasteiger partial charge in [-0.05, 0) is 35.0 Å². The number of nitrogens with two attached hydrogens (primary N) is 2. The number of aromatic nitrogens is 2. The van der Waals surface area contributed by atoms with Gasteiger partial charge in [0, 0.05) is 33.0 Å². The Morgan fingerprint density at radius 2 is 0.593 bits per heavy atom. The monoisotopic (exact) mass is 801 g/mol. The molecule has 1 aromatic heterocycles. The fourth-order valence-corrected chi connectivity index (χ4v) is 5.59. The first kappa shape index (κ1) is 57.4. The Morgan fingerprint density at radius 1 is 0.339 bits per heavy atom. The Hall–Kier alpha value is -5.88. The molecule has 59 heavy (non-hydrogen) atoms. The van der Waals surface area contributed by atoms with E-state index in [1.165, 1.54) is 21.9 Å². The first-order valence-corrected chi connectivity index (χ1v) is 21.5. The summed E-state index contributed by atoms with van der Waals surface area (Å²) in [6.07, 6.45) is 0. The highest BCUT2D eigenvalue weighted by Gasteiger charge is 2.30. The van der Waals surface area contributed by atoms with Crippen molar-refractivity contribution in [2.75, 3.05) is 11.5 Å². The van der Waals surface area contributed by atoms with Crippen molar-refractivity contribution in [1.29, 1.82) is 0 Å². The van der Waals surface area contributed by atoms with Gasteiger partial charge in [0.1, 0.15) is 0 Å². The van der Waals surface area contributed by atoms with Crippen molar-refractivity contribution >= 4 is 55.5 Å². The number of ketones is 2. The summed E-state index contributed by atoms with van der Waals surface area (Å²) < 4.78 is 0. The molecule has 2 aliphatic rings. The number of Topliss-reactive ketones (excluding diaryl/α,β-unsaturated/α-hetero) is 2. The molecule has 6 heteroatoms. The standard InChI is InChI=1S/C18H10N2.C12H6O2.C6H8N2.8C2H6.CH4/c1-2-10-15-14(9-1)19-17-12-7-3-5-11-6-4-8-13(16(11)12)18(17)20-15;13-11-8-5-1-3-7-4-2-6-9(10(7)8)12(11)14;7-5-3-1-2-4-6(5)8;8*1-2;/h1-10H;1-6H;1-4H,7-8H2;8*1-2H3;1H4. The lowest BCUT2D eigenvalue weighted by Gasteiger charge is -2.02. The number of fused-ring (bicyclic) bond motifs is 4. The lowest BCUT2D eigenvalue weighted by atomic mass is 10.0. The minimum atomic E-state index is -0.378. The van der Waals surface area contributed by atoms with Gasteiger partial charge in [-0.1, -0.05) is 215 Å². The van der Waals surface area contributed by atoms with E-state index < -0.39 is 0 Å². The van der Waals surface area contributed by atoms with Crippen LogP contribution in [0.4, 0.5) is 11.4 Å². The van der Waals surface area contributed by atoms with Crippen LogP contribution in [0, 0.1) is 0 Å². The van der Waals surface area contributed by atoms with Gasteiger partial charge in [0.05, 0.1) is 33.8 Å². The molecule has 0 saturated heterocycles. The van der Waals surface area contributed by atoms with Crippen molar-refractivity contribution in [2.24, 2.45) is 0 Å². The predicted molar refractivity (Wildman–Crippen MR) is 267 cm³/mol. The van der Waals surface area contributed by atoms with E-state index in [4.69, 9.17) is 21.4 Å². The average Bonchev–Trinajstić information content (AvgIpc) is 3.78. The number of rotatable bonds is 0. The van der Waals surface area contributed by atoms with Crippen molar-refractivity contribution in [1.82, 2.24) is 9.97 Å². The third-order valence-corrected chi connectivity index (χ3v) is 7.58. The van der Waals surface area contributed by atoms with E-state index in [9.17, 15) is 9.59 Å². The van der Waals surface area contributed by atoms with E-state index in [1.807, 2.05) is 159 Å². The normalized spacial score (nSPS) is 9.42. The SMILES string of the molecule is C.CC.CC.CC.CC.CC.CC.CC.CC.Nc1ccccc1N.O=C1C(=O)c2cccc3cccc1c23.c1cc2c3c(cccc3c1)-c1nc3ccccc3nc1-2. The van der Waals surface area contributed by atoms with E-state index in [2.05, 4.69) is 36.4 Å². The predicted octanol–water partition coefficient (Wildman–Crippen LogP) is 16.3. The molecule has 0 atom stereocenters. The van der Waals surface area contributed by atoms with Gasteiger partial charge in [-0.3, -0.25) is 9.59 Å². The molecule has 0 amide bonds. The molecular weight excluding hydrogens is 725 g/mol. The van der Waals surface area contributed by atoms with Crippen LogP contribution in [0.5, 0.6) is 0 Å². The summed E-state index contributed by atoms with van der Waals surface area (Å²) in [6, 6.07) is 38.9. The number of nitrogen functional groups attached to an aromatic ring is 2. The molecule has 7 aromatic rings. The van der Waals surface area contributed by atoms with Gasteiger partial charge in [-0.25, -0.2) is 9.97 Å². The highest BCUT2D eigenvalue weighted by Crippen LogP contribution is 2.45. The van der Waals surface area contributed by atoms with Crippen molar-refractivity contribution in [3.05, 3.63) is 132 Å². The number of nitrogens with zero attached hydrogens (tertiary/aromatic N) is 2. The maximum absolute atomic E-state index is 11.5. The average molecular weight is 801 g/mol. The van der Waals surface area contributed by atoms with Crippen molar-refractivity contribution < 1.29 is 9.59 Å². The third-order valence-electron chi connectivity index (χ3n) is 7.58. The second-order valence-electron chi connectivity index (χ2n) is 10.1. The van der Waals surface area contributed by atoms with Gasteiger partial charge in [0.25, 0.3) is 0 Å². The molecule has 6 nitrogen and oxygen atoms in total. The molecule has 0 radical (unpaired) electrons.